The zero-order valence-electron chi connectivity index (χ0n) is 17.4. The molecule has 0 fully saturated rings. The van der Waals surface area contributed by atoms with E-state index in [0.29, 0.717) is 13.2 Å². The molecule has 0 amide bonds. The second-order valence-corrected chi connectivity index (χ2v) is 7.10. The lowest BCUT2D eigenvalue weighted by Gasteiger charge is -2.12. The molecule has 0 N–H and O–H groups in total. The van der Waals surface area contributed by atoms with Crippen LogP contribution in [0.15, 0.2) is 72.8 Å². The maximum atomic E-state index is 6.07. The van der Waals surface area contributed by atoms with E-state index in [1.54, 1.807) is 7.11 Å². The summed E-state index contributed by atoms with van der Waals surface area (Å²) in [5.41, 5.74) is 3.21. The maximum absolute atomic E-state index is 6.07. The van der Waals surface area contributed by atoms with Gasteiger partial charge in [0.15, 0.2) is 0 Å². The van der Waals surface area contributed by atoms with Crippen LogP contribution in [0.2, 0.25) is 0 Å². The average Bonchev–Trinajstić information content (AvgIpc) is 3.14. The molecular weight excluding hydrogens is 376 g/mol. The van der Waals surface area contributed by atoms with Gasteiger partial charge in [-0.15, -0.1) is 0 Å². The van der Waals surface area contributed by atoms with Gasteiger partial charge in [-0.1, -0.05) is 36.4 Å². The lowest BCUT2D eigenvalue weighted by Crippen LogP contribution is -2.10. The topological polar surface area (TPSA) is 45.5 Å². The van der Waals surface area contributed by atoms with E-state index in [9.17, 15) is 0 Å². The lowest BCUT2D eigenvalue weighted by molar-refractivity contribution is 0.278. The minimum atomic E-state index is 0.427. The van der Waals surface area contributed by atoms with Crippen LogP contribution in [0, 0.1) is 6.92 Å². The van der Waals surface area contributed by atoms with Crippen LogP contribution in [0.4, 0.5) is 0 Å². The molecule has 1 heterocycles. The predicted octanol–water partition coefficient (Wildman–Crippen LogP) is 5.40. The Balaban J connectivity index is 1.44. The molecule has 1 aromatic heterocycles. The van der Waals surface area contributed by atoms with Gasteiger partial charge in [-0.2, -0.15) is 0 Å². The van der Waals surface area contributed by atoms with Crippen LogP contribution in [0.25, 0.3) is 11.0 Å². The Kier molecular flexibility index (Phi) is 6.18. The zero-order valence-corrected chi connectivity index (χ0v) is 17.4. The first-order valence-corrected chi connectivity index (χ1v) is 10.1. The van der Waals surface area contributed by atoms with Gasteiger partial charge in [0.25, 0.3) is 0 Å². The smallest absolute Gasteiger partial charge is 0.148 e. The number of ether oxygens (including phenoxy) is 3. The molecule has 0 saturated carbocycles. The van der Waals surface area contributed by atoms with Crippen LogP contribution in [0.3, 0.4) is 0 Å². The van der Waals surface area contributed by atoms with Gasteiger partial charge in [-0.25, -0.2) is 4.98 Å². The SMILES string of the molecule is COc1cccc(OCCCn2c(COc3ccccc3C)nc3ccccc32)c1. The first-order valence-electron chi connectivity index (χ1n) is 10.1. The Morgan fingerprint density at radius 3 is 2.53 bits per heavy atom. The molecule has 30 heavy (non-hydrogen) atoms. The van der Waals surface area contributed by atoms with Crippen LogP contribution in [-0.2, 0) is 13.2 Å². The fourth-order valence-corrected chi connectivity index (χ4v) is 3.45. The van der Waals surface area contributed by atoms with Gasteiger partial charge in [0.05, 0.1) is 24.8 Å². The lowest BCUT2D eigenvalue weighted by atomic mass is 10.2. The molecule has 0 unspecified atom stereocenters. The molecule has 154 valence electrons. The molecule has 0 bridgehead atoms. The van der Waals surface area contributed by atoms with Crippen molar-refractivity contribution in [3.05, 3.63) is 84.2 Å². The highest BCUT2D eigenvalue weighted by molar-refractivity contribution is 5.75. The number of aryl methyl sites for hydroxylation is 2. The number of imidazole rings is 1. The van der Waals surface area contributed by atoms with Crippen molar-refractivity contribution in [2.24, 2.45) is 0 Å². The van der Waals surface area contributed by atoms with Crippen LogP contribution >= 0.6 is 0 Å². The second kappa shape index (κ2) is 9.35. The van der Waals surface area contributed by atoms with Gasteiger partial charge in [0.1, 0.15) is 29.7 Å². The molecule has 4 aromatic rings. The quantitative estimate of drug-likeness (QED) is 0.352. The van der Waals surface area contributed by atoms with E-state index in [0.717, 1.165) is 52.6 Å². The minimum Gasteiger partial charge on any atom is -0.497 e. The number of rotatable bonds is 9. The fraction of sp³-hybridized carbons (Fsp3) is 0.240. The van der Waals surface area contributed by atoms with E-state index < -0.39 is 0 Å². The molecule has 0 aliphatic heterocycles. The van der Waals surface area contributed by atoms with Crippen LogP contribution in [0.1, 0.15) is 17.8 Å². The Morgan fingerprint density at radius 2 is 1.67 bits per heavy atom. The van der Waals surface area contributed by atoms with Gasteiger partial charge in [0.2, 0.25) is 0 Å². The Hall–Kier alpha value is -3.47. The largest absolute Gasteiger partial charge is 0.497 e. The molecule has 3 aromatic carbocycles. The number of hydrogen-bond acceptors (Lipinski definition) is 4. The van der Waals surface area contributed by atoms with Gasteiger partial charge in [0, 0.05) is 12.6 Å². The summed E-state index contributed by atoms with van der Waals surface area (Å²) in [4.78, 5) is 4.80. The molecule has 0 aliphatic rings. The number of fused-ring (bicyclic) bond motifs is 1. The highest BCUT2D eigenvalue weighted by Gasteiger charge is 2.11. The molecular formula is C25H26N2O3. The van der Waals surface area contributed by atoms with Crippen molar-refractivity contribution in [2.45, 2.75) is 26.5 Å². The van der Waals surface area contributed by atoms with Gasteiger partial charge in [-0.05, 0) is 49.2 Å². The average molecular weight is 402 g/mol. The summed E-state index contributed by atoms with van der Waals surface area (Å²) in [5, 5.41) is 0. The van der Waals surface area contributed by atoms with E-state index >= 15 is 0 Å². The Labute approximate surface area is 176 Å². The summed E-state index contributed by atoms with van der Waals surface area (Å²) < 4.78 is 19.4. The normalized spacial score (nSPS) is 10.9. The monoisotopic (exact) mass is 402 g/mol. The predicted molar refractivity (Wildman–Crippen MR) is 118 cm³/mol. The molecule has 5 heteroatoms. The molecule has 0 radical (unpaired) electrons. The minimum absolute atomic E-state index is 0.427. The first-order chi connectivity index (χ1) is 14.7. The second-order valence-electron chi connectivity index (χ2n) is 7.10. The summed E-state index contributed by atoms with van der Waals surface area (Å²) in [6.45, 7) is 3.89. The number of benzene rings is 3. The molecule has 0 aliphatic carbocycles. The third-order valence-corrected chi connectivity index (χ3v) is 5.02. The molecule has 0 spiro atoms. The van der Waals surface area contributed by atoms with Crippen molar-refractivity contribution < 1.29 is 14.2 Å². The highest BCUT2D eigenvalue weighted by atomic mass is 16.5. The number of methoxy groups -OCH3 is 1. The molecule has 4 rings (SSSR count). The molecule has 0 atom stereocenters. The van der Waals surface area contributed by atoms with Crippen LogP contribution in [0.5, 0.6) is 17.2 Å². The van der Waals surface area contributed by atoms with Crippen molar-refractivity contribution in [1.82, 2.24) is 9.55 Å². The summed E-state index contributed by atoms with van der Waals surface area (Å²) in [6.07, 6.45) is 0.856. The standard InChI is InChI=1S/C25H26N2O3/c1-19-9-3-6-14-24(19)30-18-25-26-22-12-4-5-13-23(22)27(25)15-8-16-29-21-11-7-10-20(17-21)28-2/h3-7,9-14,17H,8,15-16,18H2,1-2H3. The highest BCUT2D eigenvalue weighted by Crippen LogP contribution is 2.22. The zero-order chi connectivity index (χ0) is 20.8. The van der Waals surface area contributed by atoms with E-state index in [-0.39, 0.29) is 0 Å². The fourth-order valence-electron chi connectivity index (χ4n) is 3.45. The number of hydrogen-bond donors (Lipinski definition) is 0. The number of para-hydroxylation sites is 3. The number of nitrogens with zero attached hydrogens (tertiary/aromatic N) is 2. The van der Waals surface area contributed by atoms with E-state index in [1.165, 1.54) is 0 Å². The Bertz CT molecular complexity index is 1120. The number of aromatic nitrogens is 2. The van der Waals surface area contributed by atoms with E-state index in [4.69, 9.17) is 19.2 Å². The van der Waals surface area contributed by atoms with Crippen molar-refractivity contribution in [2.75, 3.05) is 13.7 Å². The van der Waals surface area contributed by atoms with Crippen LogP contribution < -0.4 is 14.2 Å². The van der Waals surface area contributed by atoms with Crippen LogP contribution in [-0.4, -0.2) is 23.3 Å². The third kappa shape index (κ3) is 4.57. The summed E-state index contributed by atoms with van der Waals surface area (Å²) in [6, 6.07) is 23.9. The molecule has 0 saturated heterocycles. The third-order valence-electron chi connectivity index (χ3n) is 5.02. The van der Waals surface area contributed by atoms with Gasteiger partial charge < -0.3 is 18.8 Å². The Morgan fingerprint density at radius 1 is 0.867 bits per heavy atom. The van der Waals surface area contributed by atoms with Gasteiger partial charge >= 0.3 is 0 Å². The molecule has 5 nitrogen and oxygen atoms in total. The van der Waals surface area contributed by atoms with Crippen molar-refractivity contribution in [3.63, 3.8) is 0 Å². The van der Waals surface area contributed by atoms with Gasteiger partial charge in [-0.3, -0.25) is 0 Å². The van der Waals surface area contributed by atoms with Crippen molar-refractivity contribution in [1.29, 1.82) is 0 Å². The van der Waals surface area contributed by atoms with Crippen molar-refractivity contribution in [3.8, 4) is 17.2 Å². The maximum Gasteiger partial charge on any atom is 0.148 e. The summed E-state index contributed by atoms with van der Waals surface area (Å²) >= 11 is 0. The van der Waals surface area contributed by atoms with Crippen molar-refractivity contribution >= 4 is 11.0 Å². The van der Waals surface area contributed by atoms with E-state index in [1.807, 2.05) is 73.7 Å². The summed E-state index contributed by atoms with van der Waals surface area (Å²) in [5.74, 6) is 3.41. The first kappa shape index (κ1) is 19.8. The van der Waals surface area contributed by atoms with E-state index in [2.05, 4.69) is 10.6 Å². The summed E-state index contributed by atoms with van der Waals surface area (Å²) in [7, 11) is 1.66.